The van der Waals surface area contributed by atoms with Gasteiger partial charge in [-0.25, -0.2) is 9.48 Å². The maximum atomic E-state index is 12.1. The van der Waals surface area contributed by atoms with E-state index in [1.807, 2.05) is 0 Å². The summed E-state index contributed by atoms with van der Waals surface area (Å²) in [6, 6.07) is 3.72. The van der Waals surface area contributed by atoms with Gasteiger partial charge >= 0.3 is 12.1 Å². The van der Waals surface area contributed by atoms with Gasteiger partial charge in [0, 0.05) is 26.1 Å². The minimum absolute atomic E-state index is 0.0886. The predicted octanol–water partition coefficient (Wildman–Crippen LogP) is -0.107. The standard InChI is InChI=1S/C16H17N7O7S/c1-8(24)30-14(31-15-19-20-21-22(15)2)12-11(13(25)17-12)18-16(26)29-7-9-3-5-10(6-4-9)23(27)28/h3-6,11-12,14H,7H2,1-2H3,(H,17,25)(H,18,26)/t11-,12-,14?/m1/s1. The predicted molar refractivity (Wildman–Crippen MR) is 102 cm³/mol. The summed E-state index contributed by atoms with van der Waals surface area (Å²) in [5, 5.41) is 27.0. The Labute approximate surface area is 178 Å². The largest absolute Gasteiger partial charge is 0.449 e. The van der Waals surface area contributed by atoms with Crippen LogP contribution in [0.1, 0.15) is 12.5 Å². The van der Waals surface area contributed by atoms with Crippen molar-refractivity contribution in [3.8, 4) is 0 Å². The molecule has 0 saturated carbocycles. The Morgan fingerprint density at radius 2 is 2.10 bits per heavy atom. The lowest BCUT2D eigenvalue weighted by Gasteiger charge is -2.40. The van der Waals surface area contributed by atoms with Crippen LogP contribution >= 0.6 is 11.8 Å². The number of hydrogen-bond donors (Lipinski definition) is 2. The zero-order valence-corrected chi connectivity index (χ0v) is 17.1. The number of aromatic nitrogens is 4. The number of tetrazole rings is 1. The lowest BCUT2D eigenvalue weighted by atomic mass is 10.00. The first kappa shape index (κ1) is 21.9. The maximum absolute atomic E-state index is 12.1. The van der Waals surface area contributed by atoms with Crippen LogP contribution < -0.4 is 10.6 Å². The molecule has 1 aromatic carbocycles. The Kier molecular flexibility index (Phi) is 6.64. The van der Waals surface area contributed by atoms with Crippen LogP contribution in [0.4, 0.5) is 10.5 Å². The minimum atomic E-state index is -1.01. The summed E-state index contributed by atoms with van der Waals surface area (Å²) in [6.07, 6.45) is -0.880. The highest BCUT2D eigenvalue weighted by Gasteiger charge is 2.47. The van der Waals surface area contributed by atoms with Crippen molar-refractivity contribution in [2.45, 2.75) is 36.2 Å². The molecule has 0 bridgehead atoms. The first-order valence-corrected chi connectivity index (χ1v) is 9.66. The molecule has 3 rings (SSSR count). The molecule has 1 unspecified atom stereocenters. The molecule has 2 amide bonds. The summed E-state index contributed by atoms with van der Waals surface area (Å²) in [4.78, 5) is 45.7. The Bertz CT molecular complexity index is 996. The van der Waals surface area contributed by atoms with E-state index in [2.05, 4.69) is 26.2 Å². The van der Waals surface area contributed by atoms with Gasteiger partial charge in [-0.2, -0.15) is 0 Å². The molecule has 0 radical (unpaired) electrons. The third-order valence-electron chi connectivity index (χ3n) is 4.12. The van der Waals surface area contributed by atoms with Gasteiger partial charge in [0.25, 0.3) is 5.69 Å². The smallest absolute Gasteiger partial charge is 0.408 e. The van der Waals surface area contributed by atoms with Crippen LogP contribution in [0.3, 0.4) is 0 Å². The fourth-order valence-corrected chi connectivity index (χ4v) is 3.61. The number of nitrogens with zero attached hydrogens (tertiary/aromatic N) is 5. The molecule has 2 aromatic rings. The first-order valence-electron chi connectivity index (χ1n) is 8.78. The number of aryl methyl sites for hydroxylation is 1. The monoisotopic (exact) mass is 451 g/mol. The SMILES string of the molecule is CC(=O)OC(Sc1nnnn1C)[C@@H]1NC(=O)[C@@H]1NC(=O)OCc1ccc([N+](=O)[O-])cc1. The number of rotatable bonds is 8. The number of amides is 2. The van der Waals surface area contributed by atoms with Crippen molar-refractivity contribution in [1.82, 2.24) is 30.8 Å². The second-order valence-corrected chi connectivity index (χ2v) is 7.40. The van der Waals surface area contributed by atoms with E-state index in [4.69, 9.17) is 9.47 Å². The highest BCUT2D eigenvalue weighted by Crippen LogP contribution is 2.28. The van der Waals surface area contributed by atoms with E-state index < -0.39 is 40.4 Å². The summed E-state index contributed by atoms with van der Waals surface area (Å²) >= 11 is 1.00. The van der Waals surface area contributed by atoms with Crippen molar-refractivity contribution in [1.29, 1.82) is 0 Å². The number of nitro groups is 1. The number of carbonyl (C=O) groups excluding carboxylic acids is 3. The van der Waals surface area contributed by atoms with Crippen molar-refractivity contribution in [3.05, 3.63) is 39.9 Å². The molecule has 1 aliphatic heterocycles. The minimum Gasteiger partial charge on any atom is -0.449 e. The maximum Gasteiger partial charge on any atom is 0.408 e. The quantitative estimate of drug-likeness (QED) is 0.136. The van der Waals surface area contributed by atoms with E-state index in [-0.39, 0.29) is 12.3 Å². The van der Waals surface area contributed by atoms with Crippen molar-refractivity contribution in [2.75, 3.05) is 0 Å². The first-order chi connectivity index (χ1) is 14.7. The van der Waals surface area contributed by atoms with Crippen molar-refractivity contribution >= 4 is 35.4 Å². The van der Waals surface area contributed by atoms with Crippen LogP contribution in [0.15, 0.2) is 29.4 Å². The number of β-lactam (4-membered cyclic amide) rings is 1. The number of nitrogens with one attached hydrogen (secondary N) is 2. The number of benzene rings is 1. The molecule has 14 nitrogen and oxygen atoms in total. The van der Waals surface area contributed by atoms with Gasteiger partial charge in [-0.3, -0.25) is 19.7 Å². The third kappa shape index (κ3) is 5.44. The molecular weight excluding hydrogens is 434 g/mol. The average Bonchev–Trinajstić information content (AvgIpc) is 3.12. The van der Waals surface area contributed by atoms with Crippen LogP contribution in [0.5, 0.6) is 0 Å². The topological polar surface area (TPSA) is 180 Å². The molecule has 15 heteroatoms. The van der Waals surface area contributed by atoms with E-state index >= 15 is 0 Å². The zero-order chi connectivity index (χ0) is 22.5. The lowest BCUT2D eigenvalue weighted by Crippen LogP contribution is -2.72. The molecular formula is C16H17N7O7S. The van der Waals surface area contributed by atoms with E-state index in [9.17, 15) is 24.5 Å². The molecule has 31 heavy (non-hydrogen) atoms. The number of hydrogen-bond acceptors (Lipinski definition) is 11. The number of carbonyl (C=O) groups is 3. The molecule has 0 spiro atoms. The van der Waals surface area contributed by atoms with Crippen LogP contribution in [0.2, 0.25) is 0 Å². The second-order valence-electron chi connectivity index (χ2n) is 6.34. The van der Waals surface area contributed by atoms with Crippen LogP contribution in [-0.4, -0.2) is 60.6 Å². The van der Waals surface area contributed by atoms with Gasteiger partial charge in [-0.1, -0.05) is 0 Å². The van der Waals surface area contributed by atoms with Gasteiger partial charge in [-0.05, 0) is 39.9 Å². The zero-order valence-electron chi connectivity index (χ0n) is 16.3. The van der Waals surface area contributed by atoms with E-state index in [0.29, 0.717) is 10.7 Å². The van der Waals surface area contributed by atoms with E-state index in [1.165, 1.54) is 35.9 Å². The van der Waals surface area contributed by atoms with E-state index in [0.717, 1.165) is 11.8 Å². The summed E-state index contributed by atoms with van der Waals surface area (Å²) in [7, 11) is 1.60. The molecule has 2 heterocycles. The van der Waals surface area contributed by atoms with Gasteiger partial charge in [0.05, 0.1) is 4.92 Å². The lowest BCUT2D eigenvalue weighted by molar-refractivity contribution is -0.384. The summed E-state index contributed by atoms with van der Waals surface area (Å²) in [5.74, 6) is -1.07. The van der Waals surface area contributed by atoms with Crippen molar-refractivity contribution in [3.63, 3.8) is 0 Å². The highest BCUT2D eigenvalue weighted by atomic mass is 32.2. The summed E-state index contributed by atoms with van der Waals surface area (Å²) in [6.45, 7) is 1.05. The van der Waals surface area contributed by atoms with Gasteiger partial charge in [0.2, 0.25) is 11.1 Å². The Morgan fingerprint density at radius 3 is 2.65 bits per heavy atom. The number of thioether (sulfide) groups is 1. The fourth-order valence-electron chi connectivity index (χ4n) is 2.58. The molecule has 3 atom stereocenters. The van der Waals surface area contributed by atoms with Crippen LogP contribution in [0, 0.1) is 10.1 Å². The molecule has 2 N–H and O–H groups in total. The molecule has 1 saturated heterocycles. The molecule has 1 fully saturated rings. The molecule has 164 valence electrons. The number of esters is 1. The number of ether oxygens (including phenoxy) is 2. The highest BCUT2D eigenvalue weighted by molar-refractivity contribution is 7.99. The van der Waals surface area contributed by atoms with Gasteiger partial charge < -0.3 is 20.1 Å². The van der Waals surface area contributed by atoms with Gasteiger partial charge in [-0.15, -0.1) is 5.10 Å². The molecule has 1 aliphatic rings. The molecule has 1 aromatic heterocycles. The van der Waals surface area contributed by atoms with Gasteiger partial charge in [0.15, 0.2) is 5.44 Å². The van der Waals surface area contributed by atoms with Crippen LogP contribution in [-0.2, 0) is 32.7 Å². The number of nitro benzene ring substituents is 1. The summed E-state index contributed by atoms with van der Waals surface area (Å²) in [5.41, 5.74) is -0.465. The normalized spacial score (nSPS) is 18.3. The van der Waals surface area contributed by atoms with E-state index in [1.54, 1.807) is 7.05 Å². The van der Waals surface area contributed by atoms with Crippen LogP contribution in [0.25, 0.3) is 0 Å². The number of alkyl carbamates (subject to hydrolysis) is 1. The van der Waals surface area contributed by atoms with Crippen molar-refractivity contribution < 1.29 is 28.8 Å². The average molecular weight is 451 g/mol. The summed E-state index contributed by atoms with van der Waals surface area (Å²) < 4.78 is 11.7. The Hall–Kier alpha value is -3.75. The van der Waals surface area contributed by atoms with Crippen molar-refractivity contribution in [2.24, 2.45) is 7.05 Å². The fraction of sp³-hybridized carbons (Fsp3) is 0.375. The second kappa shape index (κ2) is 9.38. The van der Waals surface area contributed by atoms with Gasteiger partial charge in [0.1, 0.15) is 18.7 Å². The molecule has 0 aliphatic carbocycles. The number of non-ortho nitro benzene ring substituents is 1. The Balaban J connectivity index is 1.59. The third-order valence-corrected chi connectivity index (χ3v) is 5.30. The Morgan fingerprint density at radius 1 is 1.39 bits per heavy atom.